The number of nitrogens with zero attached hydrogens (tertiary/aromatic N) is 4. The number of rotatable bonds is 3. The van der Waals surface area contributed by atoms with Crippen LogP contribution in [0.15, 0.2) is 36.5 Å². The quantitative estimate of drug-likeness (QED) is 0.608. The summed E-state index contributed by atoms with van der Waals surface area (Å²) in [6, 6.07) is 5.77. The van der Waals surface area contributed by atoms with Crippen LogP contribution < -0.4 is 0 Å². The number of aromatic nitrogens is 3. The Labute approximate surface area is 181 Å². The Hall–Kier alpha value is -3.01. The average Bonchev–Trinajstić information content (AvgIpc) is 3.16. The number of piperidine rings is 1. The molecule has 1 amide bonds. The van der Waals surface area contributed by atoms with E-state index in [4.69, 9.17) is 0 Å². The molecule has 1 N–H and O–H groups in total. The van der Waals surface area contributed by atoms with Crippen LogP contribution in [0.1, 0.15) is 42.7 Å². The van der Waals surface area contributed by atoms with Gasteiger partial charge in [0, 0.05) is 24.6 Å². The molecular formula is C22H22F4N4O2. The number of hydrogen-bond donors (Lipinski definition) is 1. The van der Waals surface area contributed by atoms with Gasteiger partial charge in [0.05, 0.1) is 17.5 Å². The Morgan fingerprint density at radius 2 is 1.88 bits per heavy atom. The van der Waals surface area contributed by atoms with Gasteiger partial charge in [-0.15, -0.1) is 0 Å². The Morgan fingerprint density at radius 1 is 1.19 bits per heavy atom. The van der Waals surface area contributed by atoms with Crippen molar-refractivity contribution in [3.8, 4) is 11.3 Å². The minimum atomic E-state index is -4.73. The first-order chi connectivity index (χ1) is 14.9. The summed E-state index contributed by atoms with van der Waals surface area (Å²) in [5, 5.41) is 14.5. The summed E-state index contributed by atoms with van der Waals surface area (Å²) in [6.07, 6.45) is -2.14. The highest BCUT2D eigenvalue weighted by atomic mass is 19.4. The zero-order valence-corrected chi connectivity index (χ0v) is 17.5. The molecule has 1 aliphatic rings. The number of hydrogen-bond acceptors (Lipinski definition) is 4. The van der Waals surface area contributed by atoms with E-state index in [0.717, 1.165) is 29.1 Å². The Bertz CT molecular complexity index is 1150. The van der Waals surface area contributed by atoms with E-state index < -0.39 is 34.7 Å². The summed E-state index contributed by atoms with van der Waals surface area (Å²) in [7, 11) is 0. The van der Waals surface area contributed by atoms with Gasteiger partial charge in [0.2, 0.25) is 0 Å². The van der Waals surface area contributed by atoms with Gasteiger partial charge in [0.25, 0.3) is 5.91 Å². The summed E-state index contributed by atoms with van der Waals surface area (Å²) in [5.74, 6) is -1.18. The molecule has 3 heterocycles. The summed E-state index contributed by atoms with van der Waals surface area (Å²) in [4.78, 5) is 18.5. The van der Waals surface area contributed by atoms with Crippen LogP contribution in [-0.2, 0) is 6.18 Å². The van der Waals surface area contributed by atoms with Crippen LogP contribution in [0, 0.1) is 11.7 Å². The number of amides is 1. The normalized spacial score (nSPS) is 17.7. The molecule has 1 unspecified atom stereocenters. The van der Waals surface area contributed by atoms with Gasteiger partial charge in [-0.25, -0.2) is 13.9 Å². The van der Waals surface area contributed by atoms with E-state index in [1.165, 1.54) is 23.2 Å². The van der Waals surface area contributed by atoms with E-state index in [2.05, 4.69) is 10.1 Å². The van der Waals surface area contributed by atoms with E-state index >= 15 is 0 Å². The molecule has 1 aliphatic heterocycles. The number of halogens is 4. The lowest BCUT2D eigenvalue weighted by molar-refractivity contribution is -0.136. The molecule has 0 radical (unpaired) electrons. The number of carbonyl (C=O) groups excluding carboxylic acids is 1. The third-order valence-corrected chi connectivity index (χ3v) is 5.80. The monoisotopic (exact) mass is 450 g/mol. The van der Waals surface area contributed by atoms with E-state index in [9.17, 15) is 27.5 Å². The van der Waals surface area contributed by atoms with Gasteiger partial charge in [-0.3, -0.25) is 4.79 Å². The van der Waals surface area contributed by atoms with Gasteiger partial charge in [-0.05, 0) is 57.0 Å². The minimum absolute atomic E-state index is 0.0266. The van der Waals surface area contributed by atoms with Gasteiger partial charge in [0.15, 0.2) is 5.65 Å². The van der Waals surface area contributed by atoms with Crippen molar-refractivity contribution in [3.63, 3.8) is 0 Å². The van der Waals surface area contributed by atoms with E-state index in [-0.39, 0.29) is 23.9 Å². The molecule has 3 aromatic rings. The number of fused-ring (bicyclic) bond motifs is 1. The lowest BCUT2D eigenvalue weighted by atomic mass is 9.84. The first-order valence-electron chi connectivity index (χ1n) is 10.2. The summed E-state index contributed by atoms with van der Waals surface area (Å²) in [6.45, 7) is 4.07. The maximum atomic E-state index is 13.8. The van der Waals surface area contributed by atoms with Crippen LogP contribution >= 0.6 is 0 Å². The molecule has 32 heavy (non-hydrogen) atoms. The van der Waals surface area contributed by atoms with Crippen LogP contribution in [0.3, 0.4) is 0 Å². The van der Waals surface area contributed by atoms with Crippen LogP contribution in [0.5, 0.6) is 0 Å². The van der Waals surface area contributed by atoms with Gasteiger partial charge in [-0.1, -0.05) is 0 Å². The van der Waals surface area contributed by atoms with Crippen molar-refractivity contribution in [3.05, 3.63) is 53.6 Å². The second kappa shape index (κ2) is 7.84. The second-order valence-corrected chi connectivity index (χ2v) is 8.59. The fourth-order valence-corrected chi connectivity index (χ4v) is 3.95. The third-order valence-electron chi connectivity index (χ3n) is 5.80. The number of carbonyl (C=O) groups is 1. The zero-order valence-electron chi connectivity index (χ0n) is 17.5. The zero-order chi connectivity index (χ0) is 23.3. The smallest absolute Gasteiger partial charge is 0.390 e. The van der Waals surface area contributed by atoms with Gasteiger partial charge < -0.3 is 10.0 Å². The van der Waals surface area contributed by atoms with Crippen molar-refractivity contribution in [2.45, 2.75) is 38.5 Å². The molecule has 1 fully saturated rings. The molecule has 1 atom stereocenters. The summed E-state index contributed by atoms with van der Waals surface area (Å²) < 4.78 is 55.4. The van der Waals surface area contributed by atoms with Gasteiger partial charge in [-0.2, -0.15) is 18.3 Å². The first kappa shape index (κ1) is 22.2. The fraction of sp³-hybridized carbons (Fsp3) is 0.409. The lowest BCUT2D eigenvalue weighted by Gasteiger charge is -2.38. The number of aliphatic hydroxyl groups is 1. The largest absolute Gasteiger partial charge is 0.420 e. The summed E-state index contributed by atoms with van der Waals surface area (Å²) in [5.41, 5.74) is -2.39. The highest BCUT2D eigenvalue weighted by molar-refractivity contribution is 5.93. The van der Waals surface area contributed by atoms with E-state index in [1.807, 2.05) is 0 Å². The van der Waals surface area contributed by atoms with Crippen molar-refractivity contribution >= 4 is 11.6 Å². The van der Waals surface area contributed by atoms with E-state index in [0.29, 0.717) is 18.5 Å². The number of likely N-dealkylation sites (tertiary alicyclic amines) is 1. The average molecular weight is 450 g/mol. The first-order valence-corrected chi connectivity index (χ1v) is 10.2. The maximum absolute atomic E-state index is 13.8. The predicted octanol–water partition coefficient (Wildman–Crippen LogP) is 4.18. The lowest BCUT2D eigenvalue weighted by Crippen LogP contribution is -2.47. The fourth-order valence-electron chi connectivity index (χ4n) is 3.95. The van der Waals surface area contributed by atoms with Crippen molar-refractivity contribution in [1.29, 1.82) is 0 Å². The SMILES string of the molecule is CC(C)(O)C1CCCN(C(=O)c2cn3nc(-c4ccc(F)cc4)cc(C(F)(F)F)c3n2)C1. The number of benzene rings is 1. The molecule has 0 saturated carbocycles. The Kier molecular flexibility index (Phi) is 5.44. The van der Waals surface area contributed by atoms with Crippen LogP contribution in [0.2, 0.25) is 0 Å². The molecule has 1 aromatic carbocycles. The molecule has 0 spiro atoms. The standard InChI is InChI=1S/C22H22F4N4O2/c1-21(2,32)14-4-3-9-29(11-14)20(31)18-12-30-19(27-18)16(22(24,25)26)10-17(28-30)13-5-7-15(23)8-6-13/h5-8,10,12,14,32H,3-4,9,11H2,1-2H3. The Morgan fingerprint density at radius 3 is 2.50 bits per heavy atom. The highest BCUT2D eigenvalue weighted by Gasteiger charge is 2.37. The molecule has 1 saturated heterocycles. The molecule has 10 heteroatoms. The van der Waals surface area contributed by atoms with Crippen molar-refractivity contribution < 1.29 is 27.5 Å². The highest BCUT2D eigenvalue weighted by Crippen LogP contribution is 2.35. The van der Waals surface area contributed by atoms with Crippen LogP contribution in [0.4, 0.5) is 17.6 Å². The number of imidazole rings is 1. The van der Waals surface area contributed by atoms with Gasteiger partial charge in [0.1, 0.15) is 17.1 Å². The maximum Gasteiger partial charge on any atom is 0.420 e. The van der Waals surface area contributed by atoms with Gasteiger partial charge >= 0.3 is 6.18 Å². The molecule has 0 aliphatic carbocycles. The predicted molar refractivity (Wildman–Crippen MR) is 108 cm³/mol. The van der Waals surface area contributed by atoms with Crippen LogP contribution in [-0.4, -0.2) is 49.2 Å². The van der Waals surface area contributed by atoms with Crippen molar-refractivity contribution in [2.24, 2.45) is 5.92 Å². The minimum Gasteiger partial charge on any atom is -0.390 e. The van der Waals surface area contributed by atoms with E-state index in [1.54, 1.807) is 13.8 Å². The second-order valence-electron chi connectivity index (χ2n) is 8.59. The molecule has 2 aromatic heterocycles. The molecule has 170 valence electrons. The summed E-state index contributed by atoms with van der Waals surface area (Å²) >= 11 is 0. The molecule has 0 bridgehead atoms. The molecule has 4 rings (SSSR count). The third kappa shape index (κ3) is 4.32. The molecular weight excluding hydrogens is 428 g/mol. The van der Waals surface area contributed by atoms with Crippen LogP contribution in [0.25, 0.3) is 16.9 Å². The molecule has 6 nitrogen and oxygen atoms in total. The Balaban J connectivity index is 1.74. The topological polar surface area (TPSA) is 70.7 Å². The van der Waals surface area contributed by atoms with Crippen molar-refractivity contribution in [2.75, 3.05) is 13.1 Å². The number of alkyl halides is 3. The van der Waals surface area contributed by atoms with Crippen molar-refractivity contribution in [1.82, 2.24) is 19.5 Å².